The highest BCUT2D eigenvalue weighted by Gasteiger charge is 2.35. The fourth-order valence-corrected chi connectivity index (χ4v) is 5.04. The Morgan fingerprint density at radius 3 is 2.31 bits per heavy atom. The third-order valence-electron chi connectivity index (χ3n) is 5.34. The first-order valence-electron chi connectivity index (χ1n) is 10.3. The molecular weight excluding hydrogens is 436 g/mol. The van der Waals surface area contributed by atoms with Gasteiger partial charge in [-0.3, -0.25) is 4.79 Å². The first-order chi connectivity index (χ1) is 15.4. The molecule has 0 saturated carbocycles. The number of para-hydroxylation sites is 2. The van der Waals surface area contributed by atoms with Gasteiger partial charge >= 0.3 is 5.97 Å². The van der Waals surface area contributed by atoms with Crippen molar-refractivity contribution >= 4 is 21.9 Å². The minimum absolute atomic E-state index is 0.0888. The van der Waals surface area contributed by atoms with Gasteiger partial charge in [0.05, 0.1) is 17.1 Å². The lowest BCUT2D eigenvalue weighted by molar-refractivity contribution is -0.142. The van der Waals surface area contributed by atoms with Gasteiger partial charge in [-0.1, -0.05) is 12.1 Å². The summed E-state index contributed by atoms with van der Waals surface area (Å²) in [6.45, 7) is 2.89. The van der Waals surface area contributed by atoms with E-state index in [-0.39, 0.29) is 55.8 Å². The average Bonchev–Trinajstić information content (AvgIpc) is 2.83. The van der Waals surface area contributed by atoms with Crippen molar-refractivity contribution in [3.63, 3.8) is 0 Å². The molecule has 4 rings (SSSR count). The fraction of sp³-hybridized carbons (Fsp3) is 0.364. The van der Waals surface area contributed by atoms with E-state index in [0.717, 1.165) is 0 Å². The lowest BCUT2D eigenvalue weighted by atomic mass is 10.2. The third kappa shape index (κ3) is 4.42. The van der Waals surface area contributed by atoms with E-state index in [2.05, 4.69) is 0 Å². The van der Waals surface area contributed by atoms with Crippen molar-refractivity contribution in [2.75, 3.05) is 39.4 Å². The van der Waals surface area contributed by atoms with Crippen molar-refractivity contribution in [3.8, 4) is 11.5 Å². The normalized spacial score (nSPS) is 18.8. The van der Waals surface area contributed by atoms with Gasteiger partial charge < -0.3 is 19.1 Å². The zero-order valence-corrected chi connectivity index (χ0v) is 18.4. The maximum Gasteiger partial charge on any atom is 0.338 e. The van der Waals surface area contributed by atoms with Gasteiger partial charge in [-0.15, -0.1) is 0 Å². The summed E-state index contributed by atoms with van der Waals surface area (Å²) in [5, 5.41) is 0. The molecule has 2 aromatic rings. The van der Waals surface area contributed by atoms with Crippen LogP contribution in [0.15, 0.2) is 53.4 Å². The SMILES string of the molecule is CCOC(=O)c1ccc(S(=O)(=O)N2CCN(C(=O)[C@@H]3COc4ccccc4O3)CC2)cc1. The Balaban J connectivity index is 1.37. The number of nitrogens with zero attached hydrogens (tertiary/aromatic N) is 2. The quantitative estimate of drug-likeness (QED) is 0.624. The molecule has 2 aliphatic heterocycles. The molecule has 2 aliphatic rings. The van der Waals surface area contributed by atoms with Crippen LogP contribution in [-0.4, -0.2) is 75.0 Å². The molecule has 170 valence electrons. The predicted octanol–water partition coefficient (Wildman–Crippen LogP) is 1.54. The van der Waals surface area contributed by atoms with Gasteiger partial charge in [0.25, 0.3) is 5.91 Å². The fourth-order valence-electron chi connectivity index (χ4n) is 3.62. The van der Waals surface area contributed by atoms with E-state index >= 15 is 0 Å². The third-order valence-corrected chi connectivity index (χ3v) is 7.25. The Labute approximate surface area is 186 Å². The van der Waals surface area contributed by atoms with Crippen LogP contribution in [0.25, 0.3) is 0 Å². The summed E-state index contributed by atoms with van der Waals surface area (Å²) in [6, 6.07) is 12.8. The number of rotatable bonds is 5. The molecule has 0 unspecified atom stereocenters. The molecule has 0 bridgehead atoms. The maximum absolute atomic E-state index is 13.0. The number of esters is 1. The highest BCUT2D eigenvalue weighted by Crippen LogP contribution is 2.31. The molecule has 1 fully saturated rings. The van der Waals surface area contributed by atoms with Gasteiger partial charge in [-0.25, -0.2) is 13.2 Å². The first-order valence-corrected chi connectivity index (χ1v) is 11.8. The minimum Gasteiger partial charge on any atom is -0.485 e. The first kappa shape index (κ1) is 22.1. The number of fused-ring (bicyclic) bond motifs is 1. The summed E-state index contributed by atoms with van der Waals surface area (Å²) in [5.74, 6) is 0.390. The van der Waals surface area contributed by atoms with Crippen LogP contribution in [0.5, 0.6) is 11.5 Å². The molecule has 0 N–H and O–H groups in total. The topological polar surface area (TPSA) is 102 Å². The molecular formula is C22H24N2O7S. The Morgan fingerprint density at radius 1 is 1.00 bits per heavy atom. The number of amides is 1. The number of carbonyl (C=O) groups is 2. The molecule has 0 aliphatic carbocycles. The summed E-state index contributed by atoms with van der Waals surface area (Å²) in [5.41, 5.74) is 0.289. The molecule has 1 saturated heterocycles. The summed E-state index contributed by atoms with van der Waals surface area (Å²) < 4.78 is 43.6. The van der Waals surface area contributed by atoms with Crippen LogP contribution in [0.2, 0.25) is 0 Å². The van der Waals surface area contributed by atoms with Gasteiger partial charge in [0.15, 0.2) is 11.5 Å². The number of carbonyl (C=O) groups excluding carboxylic acids is 2. The summed E-state index contributed by atoms with van der Waals surface area (Å²) in [7, 11) is -3.74. The van der Waals surface area contributed by atoms with Crippen LogP contribution < -0.4 is 9.47 Å². The number of piperazine rings is 1. The van der Waals surface area contributed by atoms with Crippen LogP contribution in [0, 0.1) is 0 Å². The van der Waals surface area contributed by atoms with Crippen molar-refractivity contribution in [2.24, 2.45) is 0 Å². The molecule has 32 heavy (non-hydrogen) atoms. The highest BCUT2D eigenvalue weighted by atomic mass is 32.2. The van der Waals surface area contributed by atoms with E-state index in [1.807, 2.05) is 6.07 Å². The van der Waals surface area contributed by atoms with Gasteiger partial charge in [0.1, 0.15) is 6.61 Å². The van der Waals surface area contributed by atoms with Crippen LogP contribution in [0.3, 0.4) is 0 Å². The van der Waals surface area contributed by atoms with Crippen LogP contribution in [-0.2, 0) is 19.6 Å². The molecule has 2 heterocycles. The molecule has 9 nitrogen and oxygen atoms in total. The average molecular weight is 461 g/mol. The van der Waals surface area contributed by atoms with Crippen LogP contribution in [0.4, 0.5) is 0 Å². The molecule has 10 heteroatoms. The number of hydrogen-bond acceptors (Lipinski definition) is 7. The van der Waals surface area contributed by atoms with Crippen LogP contribution in [0.1, 0.15) is 17.3 Å². The van der Waals surface area contributed by atoms with E-state index in [9.17, 15) is 18.0 Å². The molecule has 0 aromatic heterocycles. The van der Waals surface area contributed by atoms with Crippen molar-refractivity contribution in [1.82, 2.24) is 9.21 Å². The van der Waals surface area contributed by atoms with E-state index in [4.69, 9.17) is 14.2 Å². The lowest BCUT2D eigenvalue weighted by Gasteiger charge is -2.36. The van der Waals surface area contributed by atoms with E-state index in [1.165, 1.54) is 28.6 Å². The minimum atomic E-state index is -3.74. The van der Waals surface area contributed by atoms with Crippen molar-refractivity contribution in [1.29, 1.82) is 0 Å². The van der Waals surface area contributed by atoms with Gasteiger partial charge in [-0.05, 0) is 43.3 Å². The number of sulfonamides is 1. The zero-order chi connectivity index (χ0) is 22.7. The van der Waals surface area contributed by atoms with Gasteiger partial charge in [0, 0.05) is 26.2 Å². The zero-order valence-electron chi connectivity index (χ0n) is 17.6. The second-order valence-electron chi connectivity index (χ2n) is 7.34. The Bertz CT molecular complexity index is 1090. The van der Waals surface area contributed by atoms with E-state index in [0.29, 0.717) is 11.5 Å². The monoisotopic (exact) mass is 460 g/mol. The standard InChI is InChI=1S/C22H24N2O7S/c1-2-29-22(26)16-7-9-17(10-8-16)32(27,28)24-13-11-23(12-14-24)21(25)20-15-30-18-5-3-4-6-19(18)31-20/h3-10,20H,2,11-15H2,1H3/t20-/m0/s1. The van der Waals surface area contributed by atoms with Gasteiger partial charge in [-0.2, -0.15) is 4.31 Å². The summed E-state index contributed by atoms with van der Waals surface area (Å²) in [4.78, 5) is 26.3. The predicted molar refractivity (Wildman–Crippen MR) is 114 cm³/mol. The Hall–Kier alpha value is -3.11. The van der Waals surface area contributed by atoms with Crippen molar-refractivity contribution < 1.29 is 32.2 Å². The smallest absolute Gasteiger partial charge is 0.338 e. The lowest BCUT2D eigenvalue weighted by Crippen LogP contribution is -2.55. The number of hydrogen-bond donors (Lipinski definition) is 0. The summed E-state index contributed by atoms with van der Waals surface area (Å²) in [6.07, 6.45) is -0.761. The molecule has 2 aromatic carbocycles. The second kappa shape index (κ2) is 9.17. The van der Waals surface area contributed by atoms with Crippen molar-refractivity contribution in [2.45, 2.75) is 17.9 Å². The van der Waals surface area contributed by atoms with Gasteiger partial charge in [0.2, 0.25) is 16.1 Å². The highest BCUT2D eigenvalue weighted by molar-refractivity contribution is 7.89. The maximum atomic E-state index is 13.0. The number of ether oxygens (including phenoxy) is 3. The second-order valence-corrected chi connectivity index (χ2v) is 9.28. The largest absolute Gasteiger partial charge is 0.485 e. The summed E-state index contributed by atoms with van der Waals surface area (Å²) >= 11 is 0. The molecule has 0 radical (unpaired) electrons. The Kier molecular flexibility index (Phi) is 6.33. The molecule has 0 spiro atoms. The number of benzene rings is 2. The van der Waals surface area contributed by atoms with E-state index in [1.54, 1.807) is 30.0 Å². The van der Waals surface area contributed by atoms with Crippen molar-refractivity contribution in [3.05, 3.63) is 54.1 Å². The van der Waals surface area contributed by atoms with E-state index < -0.39 is 22.1 Å². The molecule has 1 atom stereocenters. The Morgan fingerprint density at radius 2 is 1.66 bits per heavy atom. The van der Waals surface area contributed by atoms with Crippen LogP contribution >= 0.6 is 0 Å². The molecule has 1 amide bonds.